The predicted octanol–water partition coefficient (Wildman–Crippen LogP) is 2.28. The van der Waals surface area contributed by atoms with Crippen LogP contribution in [0.5, 0.6) is 0 Å². The van der Waals surface area contributed by atoms with E-state index in [1.54, 1.807) is 0 Å². The SMILES string of the molecule is OCC1CCCCN1c1ccc(CNCl)cc1. The van der Waals surface area contributed by atoms with Crippen LogP contribution in [0.4, 0.5) is 5.69 Å². The minimum atomic E-state index is 0.241. The predicted molar refractivity (Wildman–Crippen MR) is 71.2 cm³/mol. The smallest absolute Gasteiger partial charge is 0.0635 e. The molecule has 1 aliphatic rings. The van der Waals surface area contributed by atoms with Crippen molar-refractivity contribution in [3.8, 4) is 0 Å². The lowest BCUT2D eigenvalue weighted by Gasteiger charge is -2.36. The van der Waals surface area contributed by atoms with Gasteiger partial charge in [0.05, 0.1) is 12.6 Å². The van der Waals surface area contributed by atoms with E-state index in [0.29, 0.717) is 6.54 Å². The van der Waals surface area contributed by atoms with E-state index in [0.717, 1.165) is 13.0 Å². The van der Waals surface area contributed by atoms with Crippen molar-refractivity contribution < 1.29 is 5.11 Å². The lowest BCUT2D eigenvalue weighted by atomic mass is 10.0. The maximum atomic E-state index is 9.39. The summed E-state index contributed by atoms with van der Waals surface area (Å²) in [4.78, 5) is 4.93. The molecule has 0 radical (unpaired) electrons. The third kappa shape index (κ3) is 3.12. The molecule has 17 heavy (non-hydrogen) atoms. The van der Waals surface area contributed by atoms with Crippen LogP contribution in [0, 0.1) is 0 Å². The fourth-order valence-corrected chi connectivity index (χ4v) is 2.57. The first-order valence-corrected chi connectivity index (χ1v) is 6.53. The Morgan fingerprint density at radius 2 is 2.06 bits per heavy atom. The van der Waals surface area contributed by atoms with Crippen molar-refractivity contribution in [2.45, 2.75) is 31.8 Å². The van der Waals surface area contributed by atoms with Crippen LogP contribution < -0.4 is 9.74 Å². The Labute approximate surface area is 107 Å². The van der Waals surface area contributed by atoms with Gasteiger partial charge in [-0.25, -0.2) is 4.84 Å². The molecule has 1 unspecified atom stereocenters. The van der Waals surface area contributed by atoms with Gasteiger partial charge in [0.25, 0.3) is 0 Å². The normalized spacial score (nSPS) is 20.6. The first-order chi connectivity index (χ1) is 8.35. The largest absolute Gasteiger partial charge is 0.394 e. The Morgan fingerprint density at radius 3 is 2.71 bits per heavy atom. The van der Waals surface area contributed by atoms with E-state index < -0.39 is 0 Å². The quantitative estimate of drug-likeness (QED) is 0.810. The second-order valence-electron chi connectivity index (χ2n) is 4.50. The van der Waals surface area contributed by atoms with Crippen molar-refractivity contribution in [3.05, 3.63) is 29.8 Å². The molecule has 1 heterocycles. The zero-order valence-electron chi connectivity index (χ0n) is 9.90. The highest BCUT2D eigenvalue weighted by atomic mass is 35.5. The summed E-state index contributed by atoms with van der Waals surface area (Å²) in [6.07, 6.45) is 3.51. The molecule has 94 valence electrons. The van der Waals surface area contributed by atoms with Crippen LogP contribution in [-0.4, -0.2) is 24.3 Å². The van der Waals surface area contributed by atoms with E-state index in [2.05, 4.69) is 34.0 Å². The highest BCUT2D eigenvalue weighted by molar-refractivity contribution is 6.13. The minimum Gasteiger partial charge on any atom is -0.394 e. The molecule has 0 amide bonds. The van der Waals surface area contributed by atoms with Crippen LogP contribution in [-0.2, 0) is 6.54 Å². The van der Waals surface area contributed by atoms with Crippen molar-refractivity contribution in [1.82, 2.24) is 4.84 Å². The van der Waals surface area contributed by atoms with Gasteiger partial charge in [0.2, 0.25) is 0 Å². The van der Waals surface area contributed by atoms with Gasteiger partial charge in [-0.15, -0.1) is 0 Å². The standard InChI is InChI=1S/C13H19ClN2O/c14-15-9-11-4-6-12(7-5-11)16-8-2-1-3-13(16)10-17/h4-7,13,15,17H,1-3,8-10H2. The van der Waals surface area contributed by atoms with Gasteiger partial charge in [-0.3, -0.25) is 0 Å². The molecule has 0 bridgehead atoms. The van der Waals surface area contributed by atoms with Crippen molar-refractivity contribution >= 4 is 17.5 Å². The second-order valence-corrected chi connectivity index (χ2v) is 4.77. The first-order valence-electron chi connectivity index (χ1n) is 6.15. The van der Waals surface area contributed by atoms with E-state index in [1.165, 1.54) is 24.1 Å². The molecule has 0 aromatic heterocycles. The van der Waals surface area contributed by atoms with Gasteiger partial charge < -0.3 is 10.0 Å². The number of aliphatic hydroxyl groups excluding tert-OH is 1. The van der Waals surface area contributed by atoms with Gasteiger partial charge >= 0.3 is 0 Å². The molecule has 0 saturated carbocycles. The fourth-order valence-electron chi connectivity index (χ4n) is 2.41. The molecule has 3 nitrogen and oxygen atoms in total. The molecule has 1 aliphatic heterocycles. The summed E-state index contributed by atoms with van der Waals surface area (Å²) < 4.78 is 0. The van der Waals surface area contributed by atoms with Gasteiger partial charge in [-0.2, -0.15) is 0 Å². The maximum Gasteiger partial charge on any atom is 0.0635 e. The summed E-state index contributed by atoms with van der Waals surface area (Å²) in [5, 5.41) is 9.39. The van der Waals surface area contributed by atoms with Crippen LogP contribution in [0.2, 0.25) is 0 Å². The average Bonchev–Trinajstić information content (AvgIpc) is 2.40. The second kappa shape index (κ2) is 6.24. The Hall–Kier alpha value is -0.770. The molecule has 1 saturated heterocycles. The van der Waals surface area contributed by atoms with Gasteiger partial charge in [0, 0.05) is 18.8 Å². The summed E-state index contributed by atoms with van der Waals surface area (Å²) >= 11 is 5.48. The molecule has 1 aromatic carbocycles. The molecular weight excluding hydrogens is 236 g/mol. The zero-order chi connectivity index (χ0) is 12.1. The summed E-state index contributed by atoms with van der Waals surface area (Å²) in [5.74, 6) is 0. The topological polar surface area (TPSA) is 35.5 Å². The van der Waals surface area contributed by atoms with Crippen molar-refractivity contribution in [3.63, 3.8) is 0 Å². The summed E-state index contributed by atoms with van der Waals surface area (Å²) in [7, 11) is 0. The van der Waals surface area contributed by atoms with E-state index >= 15 is 0 Å². The molecule has 0 spiro atoms. The van der Waals surface area contributed by atoms with Crippen LogP contribution in [0.3, 0.4) is 0 Å². The third-order valence-corrected chi connectivity index (χ3v) is 3.51. The number of piperidine rings is 1. The average molecular weight is 255 g/mol. The van der Waals surface area contributed by atoms with Gasteiger partial charge in [-0.05, 0) is 48.7 Å². The number of hydrogen-bond donors (Lipinski definition) is 2. The number of benzene rings is 1. The highest BCUT2D eigenvalue weighted by Gasteiger charge is 2.21. The number of nitrogens with zero attached hydrogens (tertiary/aromatic N) is 1. The van der Waals surface area contributed by atoms with E-state index in [1.807, 2.05) is 0 Å². The Bertz CT molecular complexity index is 342. The van der Waals surface area contributed by atoms with Crippen LogP contribution in [0.25, 0.3) is 0 Å². The maximum absolute atomic E-state index is 9.39. The Morgan fingerprint density at radius 1 is 1.29 bits per heavy atom. The summed E-state index contributed by atoms with van der Waals surface area (Å²) in [5.41, 5.74) is 2.36. The fraction of sp³-hybridized carbons (Fsp3) is 0.538. The van der Waals surface area contributed by atoms with Crippen molar-refractivity contribution in [1.29, 1.82) is 0 Å². The van der Waals surface area contributed by atoms with Crippen molar-refractivity contribution in [2.24, 2.45) is 0 Å². The molecule has 2 N–H and O–H groups in total. The van der Waals surface area contributed by atoms with Gasteiger partial charge in [0.15, 0.2) is 0 Å². The molecule has 1 fully saturated rings. The number of halogens is 1. The molecular formula is C13H19ClN2O. The van der Waals surface area contributed by atoms with E-state index in [9.17, 15) is 5.11 Å². The highest BCUT2D eigenvalue weighted by Crippen LogP contribution is 2.24. The van der Waals surface area contributed by atoms with Gasteiger partial charge in [-0.1, -0.05) is 12.1 Å². The van der Waals surface area contributed by atoms with E-state index in [-0.39, 0.29) is 12.6 Å². The minimum absolute atomic E-state index is 0.241. The number of aliphatic hydroxyl groups is 1. The Balaban J connectivity index is 2.09. The number of nitrogens with one attached hydrogen (secondary N) is 1. The van der Waals surface area contributed by atoms with Crippen LogP contribution in [0.1, 0.15) is 24.8 Å². The Kier molecular flexibility index (Phi) is 4.66. The zero-order valence-corrected chi connectivity index (χ0v) is 10.7. The number of hydrogen-bond acceptors (Lipinski definition) is 3. The molecule has 1 aromatic rings. The monoisotopic (exact) mass is 254 g/mol. The molecule has 4 heteroatoms. The molecule has 2 rings (SSSR count). The number of anilines is 1. The van der Waals surface area contributed by atoms with Crippen LogP contribution >= 0.6 is 11.8 Å². The summed E-state index contributed by atoms with van der Waals surface area (Å²) in [6, 6.07) is 8.65. The third-order valence-electron chi connectivity index (χ3n) is 3.38. The first kappa shape index (κ1) is 12.7. The van der Waals surface area contributed by atoms with E-state index in [4.69, 9.17) is 11.8 Å². The molecule has 0 aliphatic carbocycles. The van der Waals surface area contributed by atoms with Crippen LogP contribution in [0.15, 0.2) is 24.3 Å². The number of rotatable bonds is 4. The van der Waals surface area contributed by atoms with Crippen molar-refractivity contribution in [2.75, 3.05) is 18.1 Å². The lowest BCUT2D eigenvalue weighted by Crippen LogP contribution is -2.41. The summed E-state index contributed by atoms with van der Waals surface area (Å²) in [6.45, 7) is 1.95. The lowest BCUT2D eigenvalue weighted by molar-refractivity contribution is 0.240. The van der Waals surface area contributed by atoms with Gasteiger partial charge in [0.1, 0.15) is 0 Å². The molecule has 1 atom stereocenters.